The van der Waals surface area contributed by atoms with Crippen molar-refractivity contribution in [1.82, 2.24) is 4.98 Å². The minimum absolute atomic E-state index is 0.0552. The second-order valence-corrected chi connectivity index (χ2v) is 8.04. The van der Waals surface area contributed by atoms with Crippen molar-refractivity contribution in [2.75, 3.05) is 16.9 Å². The summed E-state index contributed by atoms with van der Waals surface area (Å²) in [5.74, 6) is -0.215. The maximum Gasteiger partial charge on any atom is 0.267 e. The van der Waals surface area contributed by atoms with Crippen LogP contribution in [0.15, 0.2) is 52.1 Å². The SMILES string of the molecule is CSc1cccc(NC(=O)CCc2csc(NC(=O)c3cccs3)n2)c1. The molecule has 8 heteroatoms. The Bertz CT molecular complexity index is 891. The number of hydrogen-bond donors (Lipinski definition) is 2. The molecule has 0 aliphatic rings. The highest BCUT2D eigenvalue weighted by molar-refractivity contribution is 7.98. The number of carbonyl (C=O) groups is 2. The Hall–Kier alpha value is -2.16. The highest BCUT2D eigenvalue weighted by Gasteiger charge is 2.11. The number of aryl methyl sites for hydroxylation is 1. The molecular formula is C18H17N3O2S3. The van der Waals surface area contributed by atoms with Crippen LogP contribution >= 0.6 is 34.4 Å². The molecule has 5 nitrogen and oxygen atoms in total. The molecule has 134 valence electrons. The van der Waals surface area contributed by atoms with Gasteiger partial charge in [0.25, 0.3) is 5.91 Å². The number of benzene rings is 1. The maximum absolute atomic E-state index is 12.1. The van der Waals surface area contributed by atoms with E-state index < -0.39 is 0 Å². The summed E-state index contributed by atoms with van der Waals surface area (Å²) in [4.78, 5) is 30.2. The molecule has 26 heavy (non-hydrogen) atoms. The third-order valence-corrected chi connectivity index (χ3v) is 5.88. The van der Waals surface area contributed by atoms with E-state index >= 15 is 0 Å². The van der Waals surface area contributed by atoms with Crippen molar-refractivity contribution in [3.05, 3.63) is 57.7 Å². The van der Waals surface area contributed by atoms with Crippen LogP contribution in [0.2, 0.25) is 0 Å². The number of aromatic nitrogens is 1. The van der Waals surface area contributed by atoms with Gasteiger partial charge in [0.15, 0.2) is 5.13 Å². The normalized spacial score (nSPS) is 10.5. The first-order chi connectivity index (χ1) is 12.6. The second kappa shape index (κ2) is 8.98. The Labute approximate surface area is 163 Å². The fourth-order valence-electron chi connectivity index (χ4n) is 2.21. The van der Waals surface area contributed by atoms with Gasteiger partial charge in [0.1, 0.15) is 0 Å². The highest BCUT2D eigenvalue weighted by Crippen LogP contribution is 2.20. The molecule has 3 rings (SSSR count). The van der Waals surface area contributed by atoms with E-state index in [-0.39, 0.29) is 11.8 Å². The first kappa shape index (κ1) is 18.6. The fourth-order valence-corrected chi connectivity index (χ4v) is 4.03. The van der Waals surface area contributed by atoms with Crippen molar-refractivity contribution in [3.8, 4) is 0 Å². The zero-order valence-corrected chi connectivity index (χ0v) is 16.5. The minimum atomic E-state index is -0.160. The van der Waals surface area contributed by atoms with Crippen LogP contribution in [0.4, 0.5) is 10.8 Å². The van der Waals surface area contributed by atoms with Crippen LogP contribution in [-0.2, 0) is 11.2 Å². The maximum atomic E-state index is 12.1. The summed E-state index contributed by atoms with van der Waals surface area (Å²) in [5.41, 5.74) is 1.59. The Balaban J connectivity index is 1.49. The Morgan fingerprint density at radius 2 is 2.04 bits per heavy atom. The van der Waals surface area contributed by atoms with Gasteiger partial charge in [-0.1, -0.05) is 12.1 Å². The van der Waals surface area contributed by atoms with Gasteiger partial charge < -0.3 is 5.32 Å². The van der Waals surface area contributed by atoms with E-state index in [0.717, 1.165) is 16.3 Å². The Kier molecular flexibility index (Phi) is 6.43. The third kappa shape index (κ3) is 5.17. The van der Waals surface area contributed by atoms with Crippen molar-refractivity contribution < 1.29 is 9.59 Å². The van der Waals surface area contributed by atoms with E-state index in [1.165, 1.54) is 22.7 Å². The lowest BCUT2D eigenvalue weighted by Crippen LogP contribution is -2.12. The van der Waals surface area contributed by atoms with Crippen LogP contribution in [0, 0.1) is 0 Å². The van der Waals surface area contributed by atoms with Gasteiger partial charge in [0.05, 0.1) is 10.6 Å². The standard InChI is InChI=1S/C18H17N3O2S3/c1-24-14-5-2-4-12(10-14)19-16(22)8-7-13-11-26-18(20-13)21-17(23)15-6-3-9-25-15/h2-6,9-11H,7-8H2,1H3,(H,19,22)(H,20,21,23). The van der Waals surface area contributed by atoms with Crippen LogP contribution < -0.4 is 10.6 Å². The summed E-state index contributed by atoms with van der Waals surface area (Å²) in [6, 6.07) is 11.3. The van der Waals surface area contributed by atoms with Crippen LogP contribution in [-0.4, -0.2) is 23.1 Å². The fraction of sp³-hybridized carbons (Fsp3) is 0.167. The van der Waals surface area contributed by atoms with Crippen molar-refractivity contribution in [3.63, 3.8) is 0 Å². The van der Waals surface area contributed by atoms with Gasteiger partial charge in [0.2, 0.25) is 5.91 Å². The van der Waals surface area contributed by atoms with Crippen LogP contribution in [0.1, 0.15) is 21.8 Å². The number of thioether (sulfide) groups is 1. The van der Waals surface area contributed by atoms with Gasteiger partial charge in [-0.05, 0) is 42.3 Å². The smallest absolute Gasteiger partial charge is 0.267 e. The summed E-state index contributed by atoms with van der Waals surface area (Å²) in [6.45, 7) is 0. The molecule has 0 bridgehead atoms. The average Bonchev–Trinajstić information content (AvgIpc) is 3.32. The number of rotatable bonds is 7. The number of thiophene rings is 1. The molecule has 2 aromatic heterocycles. The lowest BCUT2D eigenvalue weighted by atomic mass is 10.2. The van der Waals surface area contributed by atoms with E-state index in [9.17, 15) is 9.59 Å². The molecule has 0 fully saturated rings. The molecule has 0 radical (unpaired) electrons. The van der Waals surface area contributed by atoms with Gasteiger partial charge in [-0.25, -0.2) is 4.98 Å². The molecule has 0 unspecified atom stereocenters. The van der Waals surface area contributed by atoms with E-state index in [0.29, 0.717) is 22.9 Å². The lowest BCUT2D eigenvalue weighted by molar-refractivity contribution is -0.116. The average molecular weight is 404 g/mol. The summed E-state index contributed by atoms with van der Waals surface area (Å²) in [7, 11) is 0. The van der Waals surface area contributed by atoms with E-state index in [1.54, 1.807) is 17.8 Å². The lowest BCUT2D eigenvalue weighted by Gasteiger charge is -2.06. The second-order valence-electron chi connectivity index (χ2n) is 5.36. The highest BCUT2D eigenvalue weighted by atomic mass is 32.2. The molecule has 0 aliphatic carbocycles. The summed E-state index contributed by atoms with van der Waals surface area (Å²) in [6.07, 6.45) is 2.86. The van der Waals surface area contributed by atoms with Gasteiger partial charge in [-0.15, -0.1) is 34.4 Å². The number of nitrogens with one attached hydrogen (secondary N) is 2. The van der Waals surface area contributed by atoms with Crippen LogP contribution in [0.25, 0.3) is 0 Å². The van der Waals surface area contributed by atoms with Crippen LogP contribution in [0.5, 0.6) is 0 Å². The van der Waals surface area contributed by atoms with Crippen molar-refractivity contribution in [2.24, 2.45) is 0 Å². The number of nitrogens with zero attached hydrogens (tertiary/aromatic N) is 1. The third-order valence-electron chi connectivity index (χ3n) is 3.48. The van der Waals surface area contributed by atoms with Gasteiger partial charge >= 0.3 is 0 Å². The Morgan fingerprint density at radius 3 is 2.81 bits per heavy atom. The minimum Gasteiger partial charge on any atom is -0.326 e. The first-order valence-electron chi connectivity index (χ1n) is 7.87. The van der Waals surface area contributed by atoms with Crippen molar-refractivity contribution >= 4 is 57.1 Å². The number of carbonyl (C=O) groups excluding carboxylic acids is 2. The molecule has 2 amide bonds. The largest absolute Gasteiger partial charge is 0.326 e. The topological polar surface area (TPSA) is 71.1 Å². The molecule has 0 atom stereocenters. The first-order valence-corrected chi connectivity index (χ1v) is 10.9. The quantitative estimate of drug-likeness (QED) is 0.559. The zero-order valence-electron chi connectivity index (χ0n) is 14.0. The Morgan fingerprint density at radius 1 is 1.15 bits per heavy atom. The molecule has 2 N–H and O–H groups in total. The van der Waals surface area contributed by atoms with E-state index in [2.05, 4.69) is 15.6 Å². The van der Waals surface area contributed by atoms with Gasteiger partial charge in [0, 0.05) is 22.4 Å². The van der Waals surface area contributed by atoms with E-state index in [1.807, 2.05) is 47.3 Å². The van der Waals surface area contributed by atoms with Gasteiger partial charge in [-0.3, -0.25) is 14.9 Å². The van der Waals surface area contributed by atoms with E-state index in [4.69, 9.17) is 0 Å². The molecular weight excluding hydrogens is 386 g/mol. The van der Waals surface area contributed by atoms with Crippen molar-refractivity contribution in [1.29, 1.82) is 0 Å². The van der Waals surface area contributed by atoms with Crippen LogP contribution in [0.3, 0.4) is 0 Å². The molecule has 0 spiro atoms. The molecule has 0 saturated carbocycles. The van der Waals surface area contributed by atoms with Crippen molar-refractivity contribution in [2.45, 2.75) is 17.7 Å². The summed E-state index contributed by atoms with van der Waals surface area (Å²) >= 11 is 4.38. The number of amides is 2. The predicted octanol–water partition coefficient (Wildman–Crippen LogP) is 4.75. The number of hydrogen-bond acceptors (Lipinski definition) is 6. The number of anilines is 2. The zero-order chi connectivity index (χ0) is 18.4. The monoisotopic (exact) mass is 403 g/mol. The van der Waals surface area contributed by atoms with Gasteiger partial charge in [-0.2, -0.15) is 0 Å². The predicted molar refractivity (Wildman–Crippen MR) is 110 cm³/mol. The summed E-state index contributed by atoms with van der Waals surface area (Å²) in [5, 5.41) is 9.95. The number of thiazole rings is 1. The molecule has 3 aromatic rings. The molecule has 0 saturated heterocycles. The summed E-state index contributed by atoms with van der Waals surface area (Å²) < 4.78 is 0. The molecule has 0 aliphatic heterocycles. The molecule has 2 heterocycles. The molecule has 1 aromatic carbocycles.